The van der Waals surface area contributed by atoms with E-state index in [9.17, 15) is 22.8 Å². The summed E-state index contributed by atoms with van der Waals surface area (Å²) in [6.45, 7) is 0.603. The van der Waals surface area contributed by atoms with Crippen molar-refractivity contribution < 1.29 is 27.5 Å². The van der Waals surface area contributed by atoms with Gasteiger partial charge in [-0.15, -0.1) is 0 Å². The van der Waals surface area contributed by atoms with Crippen molar-refractivity contribution in [2.75, 3.05) is 24.5 Å². The number of carbonyl (C=O) groups excluding carboxylic acids is 2. The molecule has 2 unspecified atom stereocenters. The number of halogens is 4. The lowest BCUT2D eigenvalue weighted by Gasteiger charge is -2.36. The molecule has 2 aliphatic heterocycles. The predicted octanol–water partition coefficient (Wildman–Crippen LogP) is 3.25. The molecule has 1 aromatic rings. The Kier molecular flexibility index (Phi) is 5.05. The number of hydrogen-bond donors (Lipinski definition) is 0. The second-order valence-corrected chi connectivity index (χ2v) is 6.88. The largest absolute Gasteiger partial charge is 0.485 e. The molecule has 0 radical (unpaired) electrons. The highest BCUT2D eigenvalue weighted by molar-refractivity contribution is 6.32. The van der Waals surface area contributed by atoms with Crippen LogP contribution in [0.4, 0.5) is 18.9 Å². The third-order valence-electron chi connectivity index (χ3n) is 4.56. The molecule has 0 saturated carbocycles. The summed E-state index contributed by atoms with van der Waals surface area (Å²) in [6, 6.07) is 4.99. The van der Waals surface area contributed by atoms with Gasteiger partial charge in [-0.25, -0.2) is 0 Å². The first-order valence-corrected chi connectivity index (χ1v) is 8.68. The Hall–Kier alpha value is -1.96. The maximum atomic E-state index is 13.0. The Bertz CT molecular complexity index is 726. The molecule has 0 spiro atoms. The molecule has 2 aliphatic rings. The van der Waals surface area contributed by atoms with E-state index in [4.69, 9.17) is 16.3 Å². The fourth-order valence-corrected chi connectivity index (χ4v) is 3.50. The number of alkyl halides is 3. The number of hydrogen-bond acceptors (Lipinski definition) is 3. The summed E-state index contributed by atoms with van der Waals surface area (Å²) in [5.74, 6) is -1.47. The van der Waals surface area contributed by atoms with E-state index in [1.807, 2.05) is 6.92 Å². The molecule has 5 nitrogen and oxygen atoms in total. The van der Waals surface area contributed by atoms with Gasteiger partial charge in [0.05, 0.1) is 23.2 Å². The summed E-state index contributed by atoms with van der Waals surface area (Å²) >= 11 is 6.16. The second-order valence-electron chi connectivity index (χ2n) is 6.48. The van der Waals surface area contributed by atoms with E-state index in [2.05, 4.69) is 0 Å². The molecule has 1 saturated heterocycles. The second kappa shape index (κ2) is 6.98. The number of amides is 2. The van der Waals surface area contributed by atoms with Gasteiger partial charge in [0, 0.05) is 13.0 Å². The first-order chi connectivity index (χ1) is 12.2. The maximum Gasteiger partial charge on any atom is 0.406 e. The van der Waals surface area contributed by atoms with Crippen LogP contribution < -0.4 is 9.64 Å². The molecule has 9 heteroatoms. The van der Waals surface area contributed by atoms with Crippen LogP contribution in [0, 0.1) is 5.92 Å². The lowest BCUT2D eigenvalue weighted by Crippen LogP contribution is -2.46. The number of anilines is 1. The lowest BCUT2D eigenvalue weighted by atomic mass is 10.0. The summed E-state index contributed by atoms with van der Waals surface area (Å²) in [5.41, 5.74) is 0.480. The Morgan fingerprint density at radius 2 is 2.08 bits per heavy atom. The zero-order chi connectivity index (χ0) is 19.1. The van der Waals surface area contributed by atoms with E-state index in [1.165, 1.54) is 4.90 Å². The summed E-state index contributed by atoms with van der Waals surface area (Å²) in [5, 5.41) is 0.361. The lowest BCUT2D eigenvalue weighted by molar-refractivity contribution is -0.157. The van der Waals surface area contributed by atoms with Crippen molar-refractivity contribution in [2.45, 2.75) is 32.0 Å². The maximum absolute atomic E-state index is 13.0. The van der Waals surface area contributed by atoms with Gasteiger partial charge >= 0.3 is 6.18 Å². The van der Waals surface area contributed by atoms with Crippen LogP contribution in [0.1, 0.15) is 19.8 Å². The van der Waals surface area contributed by atoms with Crippen molar-refractivity contribution in [1.29, 1.82) is 0 Å². The van der Waals surface area contributed by atoms with Gasteiger partial charge in [-0.3, -0.25) is 9.59 Å². The van der Waals surface area contributed by atoms with E-state index < -0.39 is 24.5 Å². The Morgan fingerprint density at radius 1 is 1.35 bits per heavy atom. The van der Waals surface area contributed by atoms with E-state index in [1.54, 1.807) is 18.2 Å². The molecule has 142 valence electrons. The van der Waals surface area contributed by atoms with Gasteiger partial charge in [0.25, 0.3) is 0 Å². The minimum Gasteiger partial charge on any atom is -0.485 e. The third-order valence-corrected chi connectivity index (χ3v) is 4.86. The number of benzene rings is 1. The van der Waals surface area contributed by atoms with Crippen LogP contribution in [0.15, 0.2) is 18.2 Å². The van der Waals surface area contributed by atoms with Crippen LogP contribution in [0.3, 0.4) is 0 Å². The van der Waals surface area contributed by atoms with E-state index >= 15 is 0 Å². The number of ether oxygens (including phenoxy) is 1. The summed E-state index contributed by atoms with van der Waals surface area (Å²) in [4.78, 5) is 27.0. The van der Waals surface area contributed by atoms with Crippen molar-refractivity contribution in [3.8, 4) is 5.75 Å². The normalized spacial score (nSPS) is 23.0. The molecule has 2 heterocycles. The molecule has 26 heavy (non-hydrogen) atoms. The van der Waals surface area contributed by atoms with Gasteiger partial charge in [-0.05, 0) is 18.6 Å². The minimum absolute atomic E-state index is 0.223. The number of carbonyl (C=O) groups is 2. The van der Waals surface area contributed by atoms with E-state index in [0.717, 1.165) is 0 Å². The highest BCUT2D eigenvalue weighted by Crippen LogP contribution is 2.41. The van der Waals surface area contributed by atoms with Gasteiger partial charge in [0.1, 0.15) is 12.6 Å². The standard InChI is InChI=1S/C17H18ClF3N2O3/c1-2-11-8-23(13-5-3-4-12(18)15(13)26-11)16(25)10-6-14(24)22(7-10)9-17(19,20)21/h3-5,10-11H,2,6-9H2,1H3. The van der Waals surface area contributed by atoms with Crippen molar-refractivity contribution in [3.05, 3.63) is 23.2 Å². The monoisotopic (exact) mass is 390 g/mol. The summed E-state index contributed by atoms with van der Waals surface area (Å²) in [7, 11) is 0. The highest BCUT2D eigenvalue weighted by atomic mass is 35.5. The number of fused-ring (bicyclic) bond motifs is 1. The Balaban J connectivity index is 1.82. The molecular weight excluding hydrogens is 373 g/mol. The van der Waals surface area contributed by atoms with Gasteiger partial charge in [0.2, 0.25) is 11.8 Å². The third kappa shape index (κ3) is 3.75. The molecule has 2 atom stereocenters. The molecule has 3 rings (SSSR count). The van der Waals surface area contributed by atoms with Gasteiger partial charge in [-0.1, -0.05) is 24.6 Å². The van der Waals surface area contributed by atoms with Crippen LogP contribution in [-0.2, 0) is 9.59 Å². The van der Waals surface area contributed by atoms with Crippen LogP contribution >= 0.6 is 11.6 Å². The van der Waals surface area contributed by atoms with Crippen LogP contribution in [0.2, 0.25) is 5.02 Å². The zero-order valence-corrected chi connectivity index (χ0v) is 14.8. The highest BCUT2D eigenvalue weighted by Gasteiger charge is 2.43. The molecule has 1 aromatic carbocycles. The minimum atomic E-state index is -4.49. The average Bonchev–Trinajstić information content (AvgIpc) is 2.92. The number of para-hydroxylation sites is 1. The van der Waals surface area contributed by atoms with Gasteiger partial charge in [0.15, 0.2) is 5.75 Å². The molecule has 0 bridgehead atoms. The summed E-state index contributed by atoms with van der Waals surface area (Å²) < 4.78 is 43.6. The first-order valence-electron chi connectivity index (χ1n) is 8.30. The molecule has 0 N–H and O–H groups in total. The molecule has 0 aromatic heterocycles. The Morgan fingerprint density at radius 3 is 2.73 bits per heavy atom. The van der Waals surface area contributed by atoms with Crippen molar-refractivity contribution in [2.24, 2.45) is 5.92 Å². The van der Waals surface area contributed by atoms with Crippen molar-refractivity contribution in [3.63, 3.8) is 0 Å². The quantitative estimate of drug-likeness (QED) is 0.796. The van der Waals surface area contributed by atoms with Crippen molar-refractivity contribution in [1.82, 2.24) is 4.90 Å². The van der Waals surface area contributed by atoms with E-state index in [-0.39, 0.29) is 31.5 Å². The first kappa shape index (κ1) is 18.8. The van der Waals surface area contributed by atoms with Crippen LogP contribution in [-0.4, -0.2) is 48.6 Å². The smallest absolute Gasteiger partial charge is 0.406 e. The van der Waals surface area contributed by atoms with Gasteiger partial charge < -0.3 is 14.5 Å². The van der Waals surface area contributed by atoms with Gasteiger partial charge in [-0.2, -0.15) is 13.2 Å². The topological polar surface area (TPSA) is 49.9 Å². The molecule has 0 aliphatic carbocycles. The van der Waals surface area contributed by atoms with Crippen LogP contribution in [0.5, 0.6) is 5.75 Å². The van der Waals surface area contributed by atoms with Crippen molar-refractivity contribution >= 4 is 29.1 Å². The zero-order valence-electron chi connectivity index (χ0n) is 14.1. The van der Waals surface area contributed by atoms with Crippen LogP contribution in [0.25, 0.3) is 0 Å². The average molecular weight is 391 g/mol. The Labute approximate surface area is 153 Å². The molecule has 1 fully saturated rings. The number of nitrogens with zero attached hydrogens (tertiary/aromatic N) is 2. The number of rotatable bonds is 3. The molecular formula is C17H18ClF3N2O3. The fourth-order valence-electron chi connectivity index (χ4n) is 3.28. The summed E-state index contributed by atoms with van der Waals surface area (Å²) in [6.07, 6.45) is -4.34. The molecule has 2 amide bonds. The fraction of sp³-hybridized carbons (Fsp3) is 0.529. The van der Waals surface area contributed by atoms with E-state index in [0.29, 0.717) is 27.8 Å². The predicted molar refractivity (Wildman–Crippen MR) is 89.3 cm³/mol. The SMILES string of the molecule is CCC1CN(C(=O)C2CC(=O)N(CC(F)(F)F)C2)c2cccc(Cl)c2O1. The number of likely N-dealkylation sites (tertiary alicyclic amines) is 1.